The van der Waals surface area contributed by atoms with Gasteiger partial charge in [0.05, 0.1) is 12.8 Å². The van der Waals surface area contributed by atoms with E-state index in [0.717, 1.165) is 5.56 Å². The van der Waals surface area contributed by atoms with E-state index in [1.165, 1.54) is 19.2 Å². The van der Waals surface area contributed by atoms with E-state index < -0.39 is 0 Å². The summed E-state index contributed by atoms with van der Waals surface area (Å²) >= 11 is 0. The summed E-state index contributed by atoms with van der Waals surface area (Å²) in [5, 5.41) is 12.8. The van der Waals surface area contributed by atoms with Crippen molar-refractivity contribution in [1.82, 2.24) is 0 Å². The molecule has 5 heteroatoms. The quantitative estimate of drug-likeness (QED) is 0.678. The van der Waals surface area contributed by atoms with Gasteiger partial charge in [0.15, 0.2) is 0 Å². The summed E-state index contributed by atoms with van der Waals surface area (Å²) in [6.45, 7) is 3.59. The molecule has 0 aliphatic heterocycles. The Balaban J connectivity index is 2.00. The predicted octanol–water partition coefficient (Wildman–Crippen LogP) is 5.08. The molecule has 0 aromatic heterocycles. The maximum atomic E-state index is 13.6. The number of halogens is 1. The van der Waals surface area contributed by atoms with Gasteiger partial charge in [0.1, 0.15) is 17.3 Å². The fraction of sp³-hybridized carbons (Fsp3) is 0.136. The van der Waals surface area contributed by atoms with E-state index in [1.54, 1.807) is 49.4 Å². The largest absolute Gasteiger partial charge is 0.508 e. The van der Waals surface area contributed by atoms with Gasteiger partial charge in [-0.3, -0.25) is 4.79 Å². The molecule has 0 heterocycles. The summed E-state index contributed by atoms with van der Waals surface area (Å²) in [6, 6.07) is 14.5. The average molecular weight is 365 g/mol. The minimum atomic E-state index is -0.354. The lowest BCUT2D eigenvalue weighted by molar-refractivity contribution is 0.102. The second-order valence-corrected chi connectivity index (χ2v) is 6.32. The minimum Gasteiger partial charge on any atom is -0.508 e. The van der Waals surface area contributed by atoms with E-state index in [1.807, 2.05) is 6.92 Å². The molecule has 0 spiro atoms. The number of methoxy groups -OCH3 is 1. The molecular weight excluding hydrogens is 345 g/mol. The van der Waals surface area contributed by atoms with Gasteiger partial charge >= 0.3 is 0 Å². The summed E-state index contributed by atoms with van der Waals surface area (Å²) in [6.07, 6.45) is 0. The maximum Gasteiger partial charge on any atom is 0.255 e. The van der Waals surface area contributed by atoms with E-state index >= 15 is 0 Å². The van der Waals surface area contributed by atoms with Gasteiger partial charge in [0.2, 0.25) is 0 Å². The summed E-state index contributed by atoms with van der Waals surface area (Å²) in [4.78, 5) is 12.8. The highest BCUT2D eigenvalue weighted by Crippen LogP contribution is 2.30. The molecule has 0 fully saturated rings. The molecule has 0 saturated carbocycles. The highest BCUT2D eigenvalue weighted by Gasteiger charge is 2.14. The van der Waals surface area contributed by atoms with Crippen molar-refractivity contribution in [2.45, 2.75) is 13.8 Å². The number of anilines is 1. The number of hydrogen-bond acceptors (Lipinski definition) is 3. The summed E-state index contributed by atoms with van der Waals surface area (Å²) in [7, 11) is 1.51. The molecule has 0 aliphatic rings. The zero-order chi connectivity index (χ0) is 19.6. The topological polar surface area (TPSA) is 58.6 Å². The Morgan fingerprint density at radius 3 is 2.52 bits per heavy atom. The minimum absolute atomic E-state index is 0.113. The molecule has 0 atom stereocenters. The molecule has 0 bridgehead atoms. The molecule has 0 saturated heterocycles. The second-order valence-electron chi connectivity index (χ2n) is 6.32. The zero-order valence-electron chi connectivity index (χ0n) is 15.3. The Morgan fingerprint density at radius 1 is 1.04 bits per heavy atom. The lowest BCUT2D eigenvalue weighted by Gasteiger charge is -2.14. The van der Waals surface area contributed by atoms with E-state index in [-0.39, 0.29) is 17.5 Å². The van der Waals surface area contributed by atoms with Crippen molar-refractivity contribution in [3.63, 3.8) is 0 Å². The number of benzene rings is 3. The molecule has 3 aromatic carbocycles. The van der Waals surface area contributed by atoms with Gasteiger partial charge < -0.3 is 15.2 Å². The number of nitrogens with one attached hydrogen (secondary N) is 1. The molecule has 138 valence electrons. The van der Waals surface area contributed by atoms with Crippen LogP contribution in [0.4, 0.5) is 10.1 Å². The van der Waals surface area contributed by atoms with Gasteiger partial charge in [-0.15, -0.1) is 0 Å². The van der Waals surface area contributed by atoms with Crippen molar-refractivity contribution in [3.05, 3.63) is 77.1 Å². The molecule has 2 N–H and O–H groups in total. The zero-order valence-corrected chi connectivity index (χ0v) is 15.3. The first-order valence-electron chi connectivity index (χ1n) is 8.44. The van der Waals surface area contributed by atoms with Crippen molar-refractivity contribution in [2.75, 3.05) is 12.4 Å². The maximum absolute atomic E-state index is 13.6. The van der Waals surface area contributed by atoms with Crippen molar-refractivity contribution in [2.24, 2.45) is 0 Å². The van der Waals surface area contributed by atoms with Crippen molar-refractivity contribution >= 4 is 11.6 Å². The number of phenols is 1. The molecule has 0 radical (unpaired) electrons. The molecule has 1 amide bonds. The van der Waals surface area contributed by atoms with Gasteiger partial charge in [0.25, 0.3) is 5.91 Å². The van der Waals surface area contributed by atoms with E-state index in [0.29, 0.717) is 33.7 Å². The van der Waals surface area contributed by atoms with Crippen molar-refractivity contribution < 1.29 is 19.0 Å². The highest BCUT2D eigenvalue weighted by atomic mass is 19.1. The van der Waals surface area contributed by atoms with E-state index in [9.17, 15) is 14.3 Å². The number of hydrogen-bond donors (Lipinski definition) is 2. The molecule has 27 heavy (non-hydrogen) atoms. The lowest BCUT2D eigenvalue weighted by Crippen LogP contribution is -2.14. The monoisotopic (exact) mass is 365 g/mol. The van der Waals surface area contributed by atoms with Gasteiger partial charge in [-0.25, -0.2) is 4.39 Å². The van der Waals surface area contributed by atoms with Crippen LogP contribution in [0.3, 0.4) is 0 Å². The standard InChI is InChI=1S/C22H20FNO3/c1-13-7-8-20(25)14(2)21(13)24-22(26)17-9-16(11-19(12-17)27-3)15-5-4-6-18(23)10-15/h4-12,25H,1-3H3,(H,24,26). The predicted molar refractivity (Wildman–Crippen MR) is 104 cm³/mol. The van der Waals surface area contributed by atoms with Crippen LogP contribution in [-0.4, -0.2) is 18.1 Å². The van der Waals surface area contributed by atoms with Crippen LogP contribution in [0.5, 0.6) is 11.5 Å². The third-order valence-electron chi connectivity index (χ3n) is 4.45. The molecule has 3 rings (SSSR count). The first kappa shape index (κ1) is 18.5. The Labute approximate surface area is 157 Å². The van der Waals surface area contributed by atoms with Crippen LogP contribution in [0.25, 0.3) is 11.1 Å². The Morgan fingerprint density at radius 2 is 1.81 bits per heavy atom. The Bertz CT molecular complexity index is 1010. The Hall–Kier alpha value is -3.34. The number of carbonyl (C=O) groups is 1. The second kappa shape index (κ2) is 7.50. The number of rotatable bonds is 4. The first-order valence-corrected chi connectivity index (χ1v) is 8.44. The third kappa shape index (κ3) is 3.92. The molecule has 0 unspecified atom stereocenters. The van der Waals surface area contributed by atoms with E-state index in [4.69, 9.17) is 4.74 Å². The van der Waals surface area contributed by atoms with Gasteiger partial charge in [0, 0.05) is 11.1 Å². The fourth-order valence-electron chi connectivity index (χ4n) is 2.90. The number of phenolic OH excluding ortho intramolecular Hbond substituents is 1. The van der Waals surface area contributed by atoms with E-state index in [2.05, 4.69) is 5.32 Å². The molecule has 4 nitrogen and oxygen atoms in total. The average Bonchev–Trinajstić information content (AvgIpc) is 2.67. The number of ether oxygens (including phenoxy) is 1. The van der Waals surface area contributed by atoms with Crippen LogP contribution < -0.4 is 10.1 Å². The van der Waals surface area contributed by atoms with Crippen LogP contribution in [0.15, 0.2) is 54.6 Å². The highest BCUT2D eigenvalue weighted by molar-refractivity contribution is 6.06. The van der Waals surface area contributed by atoms with Crippen LogP contribution in [-0.2, 0) is 0 Å². The SMILES string of the molecule is COc1cc(C(=O)Nc2c(C)ccc(O)c2C)cc(-c2cccc(F)c2)c1. The summed E-state index contributed by atoms with van der Waals surface area (Å²) in [5.41, 5.74) is 3.69. The smallest absolute Gasteiger partial charge is 0.255 e. The van der Waals surface area contributed by atoms with Crippen LogP contribution in [0.2, 0.25) is 0 Å². The third-order valence-corrected chi connectivity index (χ3v) is 4.45. The number of aromatic hydroxyl groups is 1. The van der Waals surface area contributed by atoms with Gasteiger partial charge in [-0.1, -0.05) is 18.2 Å². The number of carbonyl (C=O) groups excluding carboxylic acids is 1. The number of amides is 1. The van der Waals surface area contributed by atoms with Gasteiger partial charge in [-0.05, 0) is 66.9 Å². The fourth-order valence-corrected chi connectivity index (χ4v) is 2.90. The normalized spacial score (nSPS) is 10.5. The number of aryl methyl sites for hydroxylation is 1. The van der Waals surface area contributed by atoms with Gasteiger partial charge in [-0.2, -0.15) is 0 Å². The summed E-state index contributed by atoms with van der Waals surface area (Å²) in [5.74, 6) is -0.0936. The molecule has 3 aromatic rings. The van der Waals surface area contributed by atoms with Crippen LogP contribution in [0.1, 0.15) is 21.5 Å². The van der Waals surface area contributed by atoms with Crippen molar-refractivity contribution in [1.29, 1.82) is 0 Å². The molecule has 0 aliphatic carbocycles. The lowest BCUT2D eigenvalue weighted by atomic mass is 10.0. The molecular formula is C22H20FNO3. The Kier molecular flexibility index (Phi) is 5.12. The summed E-state index contributed by atoms with van der Waals surface area (Å²) < 4.78 is 18.9. The first-order chi connectivity index (χ1) is 12.9. The van der Waals surface area contributed by atoms with Crippen LogP contribution in [0, 0.1) is 19.7 Å². The van der Waals surface area contributed by atoms with Crippen molar-refractivity contribution in [3.8, 4) is 22.6 Å². The van der Waals surface area contributed by atoms with Crippen LogP contribution >= 0.6 is 0 Å².